The van der Waals surface area contributed by atoms with Gasteiger partial charge in [-0.05, 0) is 63.3 Å². The van der Waals surface area contributed by atoms with Crippen LogP contribution in [0.3, 0.4) is 0 Å². The number of benzene rings is 1. The number of ether oxygens (including phenoxy) is 2. The van der Waals surface area contributed by atoms with Crippen LogP contribution in [0.4, 0.5) is 0 Å². The first-order chi connectivity index (χ1) is 17.2. The van der Waals surface area contributed by atoms with E-state index < -0.39 is 29.1 Å². The maximum atomic E-state index is 12.1. The molecule has 0 unspecified atom stereocenters. The molecule has 0 fully saturated rings. The summed E-state index contributed by atoms with van der Waals surface area (Å²) in [6.07, 6.45) is 3.06. The highest BCUT2D eigenvalue weighted by Gasteiger charge is 2.26. The fourth-order valence-electron chi connectivity index (χ4n) is 3.98. The summed E-state index contributed by atoms with van der Waals surface area (Å²) >= 11 is 0. The van der Waals surface area contributed by atoms with E-state index >= 15 is 0 Å². The molecule has 1 amide bonds. The van der Waals surface area contributed by atoms with Crippen molar-refractivity contribution in [3.8, 4) is 0 Å². The Morgan fingerprint density at radius 1 is 1.16 bits per heavy atom. The molecule has 1 atom stereocenters. The summed E-state index contributed by atoms with van der Waals surface area (Å²) in [4.78, 5) is 53.2. The normalized spacial score (nSPS) is 14.4. The van der Waals surface area contributed by atoms with E-state index in [1.165, 1.54) is 11.1 Å². The number of hydrogen-bond acceptors (Lipinski definition) is 9. The number of hydrogen-bond donors (Lipinski definition) is 3. The number of carboxylic acid groups (broad SMARTS) is 1. The number of nitrogens with two attached hydrogens (primary N) is 2. The van der Waals surface area contributed by atoms with Gasteiger partial charge in [0.25, 0.3) is 5.91 Å². The number of carbonyl (C=O) groups is 4. The quantitative estimate of drug-likeness (QED) is 0.438. The zero-order chi connectivity index (χ0) is 27.7. The van der Waals surface area contributed by atoms with Gasteiger partial charge in [0.2, 0.25) is 0 Å². The number of methoxy groups -OCH3 is 1. The lowest BCUT2D eigenvalue weighted by molar-refractivity contribution is 0.00680. The van der Waals surface area contributed by atoms with Crippen LogP contribution in [0.25, 0.3) is 5.65 Å². The SMILES string of the molecule is COC(=O)c1cc(C(=O)O)nc2c(C(N)=O)ncn12.Cc1c(C(=O)OC(C)(C)C)ccc2c1CC[C@@H]2N. The summed E-state index contributed by atoms with van der Waals surface area (Å²) in [6.45, 7) is 7.62. The van der Waals surface area contributed by atoms with Crippen molar-refractivity contribution in [3.63, 3.8) is 0 Å². The molecule has 0 saturated heterocycles. The van der Waals surface area contributed by atoms with Crippen molar-refractivity contribution in [1.82, 2.24) is 14.4 Å². The first kappa shape index (κ1) is 27.3. The maximum Gasteiger partial charge on any atom is 0.355 e. The molecule has 196 valence electrons. The predicted octanol–water partition coefficient (Wildman–Crippen LogP) is 2.21. The lowest BCUT2D eigenvalue weighted by Crippen LogP contribution is -2.24. The van der Waals surface area contributed by atoms with Crippen LogP contribution in [0.15, 0.2) is 24.5 Å². The van der Waals surface area contributed by atoms with Crippen LogP contribution < -0.4 is 11.5 Å². The minimum absolute atomic E-state index is 0.117. The number of imidazole rings is 1. The average Bonchev–Trinajstić information content (AvgIpc) is 3.41. The van der Waals surface area contributed by atoms with Gasteiger partial charge in [0.15, 0.2) is 17.0 Å². The minimum atomic E-state index is -1.36. The van der Waals surface area contributed by atoms with Crippen LogP contribution in [0.1, 0.15) is 91.7 Å². The van der Waals surface area contributed by atoms with Crippen LogP contribution in [0, 0.1) is 6.92 Å². The molecule has 0 saturated carbocycles. The van der Waals surface area contributed by atoms with Gasteiger partial charge in [0.05, 0.1) is 12.7 Å². The Kier molecular flexibility index (Phi) is 7.63. The third-order valence-corrected chi connectivity index (χ3v) is 5.71. The number of fused-ring (bicyclic) bond motifs is 2. The Labute approximate surface area is 212 Å². The third-order valence-electron chi connectivity index (χ3n) is 5.71. The highest BCUT2D eigenvalue weighted by atomic mass is 16.6. The number of primary amides is 1. The standard InChI is InChI=1S/C15H21NO2.C10H8N4O5/c1-9-10-7-8-13(16)12(10)6-5-11(9)14(17)18-15(2,3)4;1-19-10(18)5-2-4(9(16)17)13-8-6(7(11)15)12-3-14(5)8/h5-6,13H,7-8,16H2,1-4H3;2-3H,1H3,(H2,11,15)(H,16,17)/t13-;/m0./s1. The molecule has 2 heterocycles. The number of nitrogens with zero attached hydrogens (tertiary/aromatic N) is 3. The Morgan fingerprint density at radius 3 is 2.41 bits per heavy atom. The molecule has 12 heteroatoms. The molecule has 0 spiro atoms. The lowest BCUT2D eigenvalue weighted by atomic mass is 9.98. The van der Waals surface area contributed by atoms with E-state index in [-0.39, 0.29) is 29.0 Å². The van der Waals surface area contributed by atoms with Gasteiger partial charge in [-0.25, -0.2) is 24.4 Å². The first-order valence-corrected chi connectivity index (χ1v) is 11.4. The van der Waals surface area contributed by atoms with Gasteiger partial charge in [0, 0.05) is 12.1 Å². The molecular weight excluding hydrogens is 482 g/mol. The van der Waals surface area contributed by atoms with E-state index in [1.807, 2.05) is 39.8 Å². The molecule has 3 aromatic rings. The molecular formula is C25H29N5O7. The molecule has 0 radical (unpaired) electrons. The number of aromatic nitrogens is 3. The Balaban J connectivity index is 0.000000206. The highest BCUT2D eigenvalue weighted by molar-refractivity contribution is 5.99. The van der Waals surface area contributed by atoms with Gasteiger partial charge in [-0.3, -0.25) is 9.20 Å². The Bertz CT molecular complexity index is 1400. The lowest BCUT2D eigenvalue weighted by Gasteiger charge is -2.21. The van der Waals surface area contributed by atoms with Crippen molar-refractivity contribution < 1.29 is 33.8 Å². The van der Waals surface area contributed by atoms with Gasteiger partial charge in [-0.1, -0.05) is 6.07 Å². The second kappa shape index (κ2) is 10.3. The van der Waals surface area contributed by atoms with Gasteiger partial charge in [-0.2, -0.15) is 0 Å². The van der Waals surface area contributed by atoms with Gasteiger partial charge in [-0.15, -0.1) is 0 Å². The summed E-state index contributed by atoms with van der Waals surface area (Å²) in [5, 5.41) is 8.93. The van der Waals surface area contributed by atoms with E-state index in [0.717, 1.165) is 42.3 Å². The van der Waals surface area contributed by atoms with Crippen molar-refractivity contribution in [2.45, 2.75) is 52.2 Å². The number of amides is 1. The largest absolute Gasteiger partial charge is 0.477 e. The first-order valence-electron chi connectivity index (χ1n) is 11.4. The van der Waals surface area contributed by atoms with E-state index in [1.54, 1.807) is 0 Å². The van der Waals surface area contributed by atoms with Crippen molar-refractivity contribution in [2.24, 2.45) is 11.5 Å². The monoisotopic (exact) mass is 511 g/mol. The number of rotatable bonds is 4. The zero-order valence-electron chi connectivity index (χ0n) is 21.2. The molecule has 37 heavy (non-hydrogen) atoms. The fourth-order valence-corrected chi connectivity index (χ4v) is 3.98. The average molecular weight is 512 g/mol. The molecule has 12 nitrogen and oxygen atoms in total. The van der Waals surface area contributed by atoms with E-state index in [4.69, 9.17) is 21.3 Å². The molecule has 5 N–H and O–H groups in total. The predicted molar refractivity (Wildman–Crippen MR) is 131 cm³/mol. The van der Waals surface area contributed by atoms with Crippen molar-refractivity contribution in [1.29, 1.82) is 0 Å². The van der Waals surface area contributed by atoms with E-state index in [2.05, 4.69) is 14.7 Å². The molecule has 0 bridgehead atoms. The molecule has 2 aromatic heterocycles. The van der Waals surface area contributed by atoms with Crippen molar-refractivity contribution >= 4 is 29.5 Å². The second-order valence-electron chi connectivity index (χ2n) is 9.43. The molecule has 4 rings (SSSR count). The fraction of sp³-hybridized carbons (Fsp3) is 0.360. The number of esters is 2. The molecule has 1 aliphatic rings. The molecule has 1 aromatic carbocycles. The van der Waals surface area contributed by atoms with Crippen LogP contribution >= 0.6 is 0 Å². The number of carbonyl (C=O) groups excluding carboxylic acids is 3. The third kappa shape index (κ3) is 5.75. The summed E-state index contributed by atoms with van der Waals surface area (Å²) in [6, 6.07) is 4.95. The second-order valence-corrected chi connectivity index (χ2v) is 9.43. The zero-order valence-corrected chi connectivity index (χ0v) is 21.2. The smallest absolute Gasteiger partial charge is 0.355 e. The molecule has 1 aliphatic carbocycles. The number of carboxylic acids is 1. The van der Waals surface area contributed by atoms with Gasteiger partial charge in [0.1, 0.15) is 17.6 Å². The van der Waals surface area contributed by atoms with E-state index in [0.29, 0.717) is 5.56 Å². The van der Waals surface area contributed by atoms with Crippen molar-refractivity contribution in [2.75, 3.05) is 7.11 Å². The van der Waals surface area contributed by atoms with Crippen molar-refractivity contribution in [3.05, 3.63) is 63.9 Å². The summed E-state index contributed by atoms with van der Waals surface area (Å²) in [5.74, 6) is -3.27. The van der Waals surface area contributed by atoms with E-state index in [9.17, 15) is 19.2 Å². The summed E-state index contributed by atoms with van der Waals surface area (Å²) in [7, 11) is 1.14. The van der Waals surface area contributed by atoms with Gasteiger partial charge < -0.3 is 26.0 Å². The minimum Gasteiger partial charge on any atom is -0.477 e. The summed E-state index contributed by atoms with van der Waals surface area (Å²) < 4.78 is 11.1. The van der Waals surface area contributed by atoms with Gasteiger partial charge >= 0.3 is 17.9 Å². The Morgan fingerprint density at radius 2 is 1.84 bits per heavy atom. The summed E-state index contributed by atoms with van der Waals surface area (Å²) in [5.41, 5.74) is 13.9. The highest BCUT2D eigenvalue weighted by Crippen LogP contribution is 2.33. The number of aromatic carboxylic acids is 1. The van der Waals surface area contributed by atoms with Crippen LogP contribution in [0.2, 0.25) is 0 Å². The molecule has 0 aliphatic heterocycles. The van der Waals surface area contributed by atoms with Crippen LogP contribution in [-0.2, 0) is 15.9 Å². The maximum absolute atomic E-state index is 12.1. The van der Waals surface area contributed by atoms with Crippen LogP contribution in [-0.4, -0.2) is 56.0 Å². The van der Waals surface area contributed by atoms with Crippen LogP contribution in [0.5, 0.6) is 0 Å². The topological polar surface area (TPSA) is 189 Å². The Hall–Kier alpha value is -4.32.